The lowest BCUT2D eigenvalue weighted by Crippen LogP contribution is -2.46. The Labute approximate surface area is 235 Å². The molecular weight excluding hydrogens is 502 g/mol. The van der Waals surface area contributed by atoms with Gasteiger partial charge in [0.25, 0.3) is 5.78 Å². The van der Waals surface area contributed by atoms with E-state index < -0.39 is 0 Å². The summed E-state index contributed by atoms with van der Waals surface area (Å²) in [5.74, 6) is 2.91. The van der Waals surface area contributed by atoms with Crippen LogP contribution < -0.4 is 4.90 Å². The van der Waals surface area contributed by atoms with E-state index in [4.69, 9.17) is 20.1 Å². The zero-order valence-electron chi connectivity index (χ0n) is 23.8. The second-order valence-corrected chi connectivity index (χ2v) is 11.2. The second-order valence-electron chi connectivity index (χ2n) is 11.2. The number of β-amino-alcohol motifs (C(OH)–C–C–N with tert-alkyl or cyclic N) is 1. The number of hydrogen-bond acceptors (Lipinski definition) is 9. The lowest BCUT2D eigenvalue weighted by atomic mass is 9.96. The Kier molecular flexibility index (Phi) is 7.73. The minimum atomic E-state index is 0.240. The van der Waals surface area contributed by atoms with E-state index in [0.29, 0.717) is 11.7 Å². The fourth-order valence-corrected chi connectivity index (χ4v) is 6.08. The van der Waals surface area contributed by atoms with Crippen molar-refractivity contribution >= 4 is 11.6 Å². The standard InChI is InChI=1S/C30H39N9O/c1-21-27(22(2)39-30(33-21)34-23(3)35-39)16-25-8-9-38(20-25)29-18-31-28(17-32-29)26-6-4-24(5-7-26)19-37-12-10-36(11-13-37)14-15-40/h4-7,17-18,25,40H,8-16,19-20H2,1-3H3/t25-/m0/s1. The van der Waals surface area contributed by atoms with Crippen LogP contribution in [0.5, 0.6) is 0 Å². The molecule has 1 N–H and O–H groups in total. The van der Waals surface area contributed by atoms with Crippen LogP contribution in [0, 0.1) is 26.7 Å². The molecule has 6 rings (SSSR count). The first kappa shape index (κ1) is 26.7. The number of anilines is 1. The van der Waals surface area contributed by atoms with Crippen LogP contribution in [0.1, 0.15) is 34.8 Å². The average molecular weight is 542 g/mol. The minimum Gasteiger partial charge on any atom is -0.395 e. The van der Waals surface area contributed by atoms with Crippen LogP contribution in [0.4, 0.5) is 5.82 Å². The summed E-state index contributed by atoms with van der Waals surface area (Å²) >= 11 is 0. The largest absolute Gasteiger partial charge is 0.395 e. The number of aliphatic hydroxyl groups excluding tert-OH is 1. The predicted octanol–water partition coefficient (Wildman–Crippen LogP) is 2.69. The SMILES string of the molecule is Cc1nc2nc(C)c(C[C@@H]3CCN(c4cnc(-c5ccc(CN6CCN(CCO)CC6)cc5)cn4)C3)c(C)n2n1. The molecule has 4 aromatic rings. The maximum atomic E-state index is 9.14. The van der Waals surface area contributed by atoms with Crippen molar-refractivity contribution in [3.05, 3.63) is 65.0 Å². The number of aryl methyl sites for hydroxylation is 3. The molecule has 0 aliphatic carbocycles. The fourth-order valence-electron chi connectivity index (χ4n) is 6.08. The van der Waals surface area contributed by atoms with Gasteiger partial charge in [-0.3, -0.25) is 14.8 Å². The van der Waals surface area contributed by atoms with E-state index in [1.54, 1.807) is 0 Å². The van der Waals surface area contributed by atoms with Crippen LogP contribution in [0.3, 0.4) is 0 Å². The molecule has 2 aliphatic rings. The third kappa shape index (κ3) is 5.70. The van der Waals surface area contributed by atoms with Gasteiger partial charge in [0.05, 0.1) is 24.7 Å². The molecule has 1 atom stereocenters. The molecule has 3 aromatic heterocycles. The van der Waals surface area contributed by atoms with Crippen LogP contribution >= 0.6 is 0 Å². The third-order valence-corrected chi connectivity index (χ3v) is 8.43. The second kappa shape index (κ2) is 11.6. The Morgan fingerprint density at radius 1 is 0.900 bits per heavy atom. The van der Waals surface area contributed by atoms with Gasteiger partial charge in [0.15, 0.2) is 0 Å². The van der Waals surface area contributed by atoms with Crippen molar-refractivity contribution in [2.75, 3.05) is 57.3 Å². The molecule has 0 radical (unpaired) electrons. The molecule has 10 nitrogen and oxygen atoms in total. The lowest BCUT2D eigenvalue weighted by Gasteiger charge is -2.34. The quantitative estimate of drug-likeness (QED) is 0.361. The van der Waals surface area contributed by atoms with Gasteiger partial charge >= 0.3 is 0 Å². The van der Waals surface area contributed by atoms with Crippen LogP contribution in [-0.2, 0) is 13.0 Å². The number of nitrogens with zero attached hydrogens (tertiary/aromatic N) is 9. The van der Waals surface area contributed by atoms with Gasteiger partial charge in [-0.1, -0.05) is 24.3 Å². The Bertz CT molecular complexity index is 1440. The zero-order chi connectivity index (χ0) is 27.6. The van der Waals surface area contributed by atoms with Crippen molar-refractivity contribution in [1.82, 2.24) is 39.3 Å². The number of aromatic nitrogens is 6. The normalized spacial score (nSPS) is 18.7. The maximum Gasteiger partial charge on any atom is 0.252 e. The molecule has 210 valence electrons. The highest BCUT2D eigenvalue weighted by Gasteiger charge is 2.26. The van der Waals surface area contributed by atoms with Crippen molar-refractivity contribution in [2.24, 2.45) is 5.92 Å². The summed E-state index contributed by atoms with van der Waals surface area (Å²) in [5.41, 5.74) is 6.76. The first-order chi connectivity index (χ1) is 19.5. The average Bonchev–Trinajstić information content (AvgIpc) is 3.59. The summed E-state index contributed by atoms with van der Waals surface area (Å²) in [6, 6.07) is 8.71. The Morgan fingerprint density at radius 2 is 1.68 bits per heavy atom. The Balaban J connectivity index is 1.05. The van der Waals surface area contributed by atoms with Gasteiger partial charge < -0.3 is 10.0 Å². The highest BCUT2D eigenvalue weighted by atomic mass is 16.3. The molecule has 2 aliphatic heterocycles. The molecule has 1 aromatic carbocycles. The van der Waals surface area contributed by atoms with E-state index in [1.165, 1.54) is 11.1 Å². The molecule has 40 heavy (non-hydrogen) atoms. The monoisotopic (exact) mass is 541 g/mol. The van der Waals surface area contributed by atoms with E-state index >= 15 is 0 Å². The molecule has 5 heterocycles. The molecule has 0 unspecified atom stereocenters. The number of rotatable bonds is 8. The molecule has 10 heteroatoms. The van der Waals surface area contributed by atoms with Gasteiger partial charge in [0.1, 0.15) is 11.6 Å². The summed E-state index contributed by atoms with van der Waals surface area (Å²) in [6.45, 7) is 14.1. The van der Waals surface area contributed by atoms with Crippen molar-refractivity contribution in [1.29, 1.82) is 0 Å². The number of aliphatic hydroxyl groups is 1. The van der Waals surface area contributed by atoms with Gasteiger partial charge in [-0.2, -0.15) is 10.1 Å². The van der Waals surface area contributed by atoms with Crippen LogP contribution in [0.2, 0.25) is 0 Å². The topological polar surface area (TPSA) is 98.8 Å². The van der Waals surface area contributed by atoms with Crippen LogP contribution in [-0.4, -0.2) is 96.9 Å². The van der Waals surface area contributed by atoms with Crippen LogP contribution in [0.25, 0.3) is 17.0 Å². The van der Waals surface area contributed by atoms with Crippen molar-refractivity contribution in [2.45, 2.75) is 40.2 Å². The molecule has 0 spiro atoms. The van der Waals surface area contributed by atoms with Gasteiger partial charge in [0.2, 0.25) is 0 Å². The molecule has 0 bridgehead atoms. The molecule has 2 saturated heterocycles. The van der Waals surface area contributed by atoms with E-state index in [-0.39, 0.29) is 6.61 Å². The van der Waals surface area contributed by atoms with E-state index in [1.807, 2.05) is 23.8 Å². The molecular formula is C30H39N9O. The van der Waals surface area contributed by atoms with E-state index in [2.05, 4.69) is 62.9 Å². The van der Waals surface area contributed by atoms with Crippen molar-refractivity contribution in [3.8, 4) is 11.3 Å². The first-order valence-electron chi connectivity index (χ1n) is 14.4. The first-order valence-corrected chi connectivity index (χ1v) is 14.4. The van der Waals surface area contributed by atoms with Gasteiger partial charge in [-0.25, -0.2) is 14.5 Å². The smallest absolute Gasteiger partial charge is 0.252 e. The van der Waals surface area contributed by atoms with Crippen molar-refractivity contribution in [3.63, 3.8) is 0 Å². The van der Waals surface area contributed by atoms with E-state index in [0.717, 1.165) is 99.5 Å². The van der Waals surface area contributed by atoms with Crippen LogP contribution in [0.15, 0.2) is 36.7 Å². The number of benzene rings is 1. The fraction of sp³-hybridized carbons (Fsp3) is 0.500. The zero-order valence-corrected chi connectivity index (χ0v) is 23.8. The summed E-state index contributed by atoms with van der Waals surface area (Å²) < 4.78 is 1.88. The highest BCUT2D eigenvalue weighted by molar-refractivity contribution is 5.59. The van der Waals surface area contributed by atoms with Gasteiger partial charge in [-0.05, 0) is 50.7 Å². The van der Waals surface area contributed by atoms with Crippen molar-refractivity contribution < 1.29 is 5.11 Å². The number of hydrogen-bond donors (Lipinski definition) is 1. The maximum absolute atomic E-state index is 9.14. The minimum absolute atomic E-state index is 0.240. The predicted molar refractivity (Wildman–Crippen MR) is 155 cm³/mol. The Morgan fingerprint density at radius 3 is 2.40 bits per heavy atom. The summed E-state index contributed by atoms with van der Waals surface area (Å²) in [7, 11) is 0. The van der Waals surface area contributed by atoms with Gasteiger partial charge in [-0.15, -0.1) is 0 Å². The molecule has 0 amide bonds. The summed E-state index contributed by atoms with van der Waals surface area (Å²) in [5, 5.41) is 13.7. The lowest BCUT2D eigenvalue weighted by molar-refractivity contribution is 0.108. The molecule has 0 saturated carbocycles. The Hall–Kier alpha value is -3.47. The van der Waals surface area contributed by atoms with E-state index in [9.17, 15) is 0 Å². The summed E-state index contributed by atoms with van der Waals surface area (Å²) in [4.78, 5) is 25.8. The van der Waals surface area contributed by atoms with Gasteiger partial charge in [0, 0.05) is 69.3 Å². The number of piperazine rings is 1. The summed E-state index contributed by atoms with van der Waals surface area (Å²) in [6.07, 6.45) is 5.91. The number of fused-ring (bicyclic) bond motifs is 1. The molecule has 2 fully saturated rings. The third-order valence-electron chi connectivity index (χ3n) is 8.43. The highest BCUT2D eigenvalue weighted by Crippen LogP contribution is 2.28.